The van der Waals surface area contributed by atoms with Gasteiger partial charge in [0.1, 0.15) is 17.9 Å². The van der Waals surface area contributed by atoms with Gasteiger partial charge in [0.15, 0.2) is 11.5 Å². The number of benzene rings is 2. The predicted molar refractivity (Wildman–Crippen MR) is 102 cm³/mol. The second kappa shape index (κ2) is 11.0. The number of quaternary nitrogens is 1. The highest BCUT2D eigenvalue weighted by molar-refractivity contribution is 5.42. The van der Waals surface area contributed by atoms with Gasteiger partial charge >= 0.3 is 0 Å². The number of phenolic OH excluding ortho intramolecular Hbond substituents is 1. The number of aromatic hydroxyl groups is 1. The van der Waals surface area contributed by atoms with Crippen molar-refractivity contribution < 1.29 is 37.4 Å². The minimum Gasteiger partial charge on any atom is -1.00 e. The highest BCUT2D eigenvalue weighted by Crippen LogP contribution is 2.28. The summed E-state index contributed by atoms with van der Waals surface area (Å²) in [4.78, 5) is 0. The van der Waals surface area contributed by atoms with E-state index in [0.29, 0.717) is 0 Å². The third kappa shape index (κ3) is 6.31. The number of hydrogen-bond donors (Lipinski definition) is 3. The van der Waals surface area contributed by atoms with Gasteiger partial charge in [-0.15, -0.1) is 0 Å². The number of phenols is 1. The van der Waals surface area contributed by atoms with Crippen molar-refractivity contribution in [1.82, 2.24) is 0 Å². The number of hydrogen-bond acceptors (Lipinski definition) is 4. The Labute approximate surface area is 167 Å². The molecule has 0 fully saturated rings. The summed E-state index contributed by atoms with van der Waals surface area (Å²) in [5, 5.41) is 22.3. The highest BCUT2D eigenvalue weighted by atomic mass is 35.5. The van der Waals surface area contributed by atoms with Crippen molar-refractivity contribution in [3.05, 3.63) is 53.1 Å². The van der Waals surface area contributed by atoms with Crippen molar-refractivity contribution in [3.63, 3.8) is 0 Å². The van der Waals surface area contributed by atoms with Crippen molar-refractivity contribution >= 4 is 0 Å². The number of aliphatic hydroxyl groups is 1. The number of rotatable bonds is 9. The molecule has 0 aliphatic carbocycles. The number of methoxy groups -OCH3 is 2. The predicted octanol–water partition coefficient (Wildman–Crippen LogP) is -0.660. The third-order valence-corrected chi connectivity index (χ3v) is 4.72. The number of aryl methyl sites for hydroxylation is 2. The van der Waals surface area contributed by atoms with Gasteiger partial charge in [-0.05, 0) is 61.2 Å². The molecule has 2 unspecified atom stereocenters. The zero-order valence-electron chi connectivity index (χ0n) is 16.4. The van der Waals surface area contributed by atoms with E-state index < -0.39 is 6.10 Å². The average Bonchev–Trinajstić information content (AvgIpc) is 2.66. The van der Waals surface area contributed by atoms with E-state index >= 15 is 0 Å². The van der Waals surface area contributed by atoms with E-state index in [0.717, 1.165) is 42.0 Å². The average molecular weight is 396 g/mol. The Kier molecular flexibility index (Phi) is 9.43. The van der Waals surface area contributed by atoms with Crippen LogP contribution >= 0.6 is 0 Å². The Morgan fingerprint density at radius 2 is 1.74 bits per heavy atom. The first-order valence-corrected chi connectivity index (χ1v) is 8.98. The van der Waals surface area contributed by atoms with Gasteiger partial charge in [0.25, 0.3) is 0 Å². The Morgan fingerprint density at radius 3 is 2.37 bits per heavy atom. The Hall–Kier alpha value is -1.95. The lowest BCUT2D eigenvalue weighted by Crippen LogP contribution is -3.00. The molecule has 150 valence electrons. The molecule has 0 spiro atoms. The van der Waals surface area contributed by atoms with Crippen molar-refractivity contribution in [2.45, 2.75) is 38.8 Å². The molecule has 0 aliphatic heterocycles. The van der Waals surface area contributed by atoms with Crippen molar-refractivity contribution in [3.8, 4) is 17.2 Å². The van der Waals surface area contributed by atoms with Crippen LogP contribution in [0.4, 0.5) is 0 Å². The SMILES string of the molecule is COc1ccc(CCC[NH2+]C(C)C(O)c2ccc(O)c(C)c2)cc1OC.[Cl-]. The molecule has 2 aromatic carbocycles. The van der Waals surface area contributed by atoms with Crippen LogP contribution in [0, 0.1) is 6.92 Å². The maximum atomic E-state index is 10.5. The van der Waals surface area contributed by atoms with E-state index in [4.69, 9.17) is 9.47 Å². The molecule has 0 heterocycles. The fraction of sp³-hybridized carbons (Fsp3) is 0.429. The van der Waals surface area contributed by atoms with E-state index in [2.05, 4.69) is 11.4 Å². The largest absolute Gasteiger partial charge is 1.00 e. The smallest absolute Gasteiger partial charge is 0.160 e. The first-order valence-electron chi connectivity index (χ1n) is 8.98. The Bertz CT molecular complexity index is 723. The van der Waals surface area contributed by atoms with Crippen LogP contribution in [-0.4, -0.2) is 37.0 Å². The second-order valence-corrected chi connectivity index (χ2v) is 6.67. The molecule has 2 atom stereocenters. The molecule has 0 radical (unpaired) electrons. The Morgan fingerprint density at radius 1 is 1.04 bits per heavy atom. The van der Waals surface area contributed by atoms with E-state index in [1.807, 2.05) is 32.0 Å². The van der Waals surface area contributed by atoms with Gasteiger partial charge in [-0.2, -0.15) is 0 Å². The molecular formula is C21H30ClNO4. The molecule has 2 aromatic rings. The van der Waals surface area contributed by atoms with Crippen LogP contribution in [0.15, 0.2) is 36.4 Å². The van der Waals surface area contributed by atoms with Gasteiger partial charge in [0.2, 0.25) is 0 Å². The Balaban J connectivity index is 0.00000364. The number of nitrogens with two attached hydrogens (primary N) is 1. The molecule has 0 aromatic heterocycles. The van der Waals surface area contributed by atoms with Gasteiger partial charge in [-0.1, -0.05) is 12.1 Å². The lowest BCUT2D eigenvalue weighted by Gasteiger charge is -2.18. The van der Waals surface area contributed by atoms with E-state index in [-0.39, 0.29) is 24.2 Å². The van der Waals surface area contributed by atoms with Crippen LogP contribution < -0.4 is 27.2 Å². The molecule has 0 bridgehead atoms. The molecule has 27 heavy (non-hydrogen) atoms. The van der Waals surface area contributed by atoms with Crippen LogP contribution in [0.25, 0.3) is 0 Å². The molecule has 0 saturated carbocycles. The standard InChI is InChI=1S/C21H29NO4.ClH/c1-14-12-17(8-9-18(14)23)21(24)15(2)22-11-5-6-16-7-10-19(25-3)20(13-16)26-4;/h7-10,12-13,15,21-24H,5-6,11H2,1-4H3;1H. The summed E-state index contributed by atoms with van der Waals surface area (Å²) in [6, 6.07) is 11.3. The number of halogens is 1. The summed E-state index contributed by atoms with van der Waals surface area (Å²) >= 11 is 0. The first kappa shape index (κ1) is 23.1. The molecule has 4 N–H and O–H groups in total. The molecule has 2 rings (SSSR count). The van der Waals surface area contributed by atoms with Gasteiger partial charge in [0.05, 0.1) is 20.8 Å². The lowest BCUT2D eigenvalue weighted by atomic mass is 10.0. The zero-order valence-corrected chi connectivity index (χ0v) is 17.2. The highest BCUT2D eigenvalue weighted by Gasteiger charge is 2.19. The van der Waals surface area contributed by atoms with Crippen LogP contribution in [0.2, 0.25) is 0 Å². The molecule has 0 aliphatic rings. The van der Waals surface area contributed by atoms with E-state index in [1.54, 1.807) is 26.4 Å². The summed E-state index contributed by atoms with van der Waals surface area (Å²) in [6.07, 6.45) is 1.38. The molecule has 0 amide bonds. The topological polar surface area (TPSA) is 75.5 Å². The van der Waals surface area contributed by atoms with Crippen LogP contribution in [0.1, 0.15) is 36.1 Å². The molecular weight excluding hydrogens is 366 g/mol. The van der Waals surface area contributed by atoms with Gasteiger partial charge in [-0.3, -0.25) is 0 Å². The third-order valence-electron chi connectivity index (χ3n) is 4.72. The van der Waals surface area contributed by atoms with E-state index in [1.165, 1.54) is 5.56 Å². The number of aliphatic hydroxyl groups excluding tert-OH is 1. The number of ether oxygens (including phenoxy) is 2. The van der Waals surface area contributed by atoms with Gasteiger partial charge < -0.3 is 37.4 Å². The van der Waals surface area contributed by atoms with Gasteiger partial charge in [0, 0.05) is 6.42 Å². The lowest BCUT2D eigenvalue weighted by molar-refractivity contribution is -0.694. The van der Waals surface area contributed by atoms with Crippen LogP contribution in [-0.2, 0) is 6.42 Å². The minimum atomic E-state index is -0.560. The molecule has 5 nitrogen and oxygen atoms in total. The minimum absolute atomic E-state index is 0. The quantitative estimate of drug-likeness (QED) is 0.493. The van der Waals surface area contributed by atoms with Crippen molar-refractivity contribution in [2.75, 3.05) is 20.8 Å². The maximum Gasteiger partial charge on any atom is 0.160 e. The monoisotopic (exact) mass is 395 g/mol. The van der Waals surface area contributed by atoms with Gasteiger partial charge in [-0.25, -0.2) is 0 Å². The van der Waals surface area contributed by atoms with Crippen LogP contribution in [0.3, 0.4) is 0 Å². The summed E-state index contributed by atoms with van der Waals surface area (Å²) in [5.41, 5.74) is 2.82. The fourth-order valence-electron chi connectivity index (χ4n) is 3.02. The normalized spacial score (nSPS) is 12.8. The van der Waals surface area contributed by atoms with E-state index in [9.17, 15) is 10.2 Å². The molecule has 0 saturated heterocycles. The van der Waals surface area contributed by atoms with Crippen LogP contribution in [0.5, 0.6) is 17.2 Å². The second-order valence-electron chi connectivity index (χ2n) is 6.67. The maximum absolute atomic E-state index is 10.5. The molecule has 6 heteroatoms. The van der Waals surface area contributed by atoms with Crippen molar-refractivity contribution in [1.29, 1.82) is 0 Å². The summed E-state index contributed by atoms with van der Waals surface area (Å²) in [5.74, 6) is 1.75. The summed E-state index contributed by atoms with van der Waals surface area (Å²) < 4.78 is 10.6. The zero-order chi connectivity index (χ0) is 19.1. The fourth-order valence-corrected chi connectivity index (χ4v) is 3.02. The summed E-state index contributed by atoms with van der Waals surface area (Å²) in [6.45, 7) is 4.77. The summed E-state index contributed by atoms with van der Waals surface area (Å²) in [7, 11) is 3.28. The van der Waals surface area contributed by atoms with Crippen molar-refractivity contribution in [2.24, 2.45) is 0 Å². The first-order chi connectivity index (χ1) is 12.5.